The molecule has 0 spiro atoms. The van der Waals surface area contributed by atoms with Gasteiger partial charge in [-0.05, 0) is 29.8 Å². The highest BCUT2D eigenvalue weighted by molar-refractivity contribution is 6.30. The molecule has 0 aliphatic heterocycles. The first-order valence-electron chi connectivity index (χ1n) is 7.22. The number of fused-ring (bicyclic) bond motifs is 1. The summed E-state index contributed by atoms with van der Waals surface area (Å²) in [6.45, 7) is 0. The minimum Gasteiger partial charge on any atom is -0.494 e. The first-order chi connectivity index (χ1) is 11.6. The molecule has 122 valence electrons. The highest BCUT2D eigenvalue weighted by Crippen LogP contribution is 2.29. The number of ether oxygens (including phenoxy) is 1. The Morgan fingerprint density at radius 1 is 1.29 bits per heavy atom. The van der Waals surface area contributed by atoms with Gasteiger partial charge in [-0.15, -0.1) is 0 Å². The van der Waals surface area contributed by atoms with Crippen LogP contribution in [0.1, 0.15) is 5.56 Å². The van der Waals surface area contributed by atoms with Crippen LogP contribution in [0.15, 0.2) is 48.8 Å². The SMILES string of the molecule is COc1cc2cncc(NC(=O)Cc3cccc(Cl)c3)c2cc1F. The fourth-order valence-electron chi connectivity index (χ4n) is 2.45. The Balaban J connectivity index is 1.87. The van der Waals surface area contributed by atoms with Crippen molar-refractivity contribution in [1.29, 1.82) is 0 Å². The standard InChI is InChI=1S/C18H14ClFN2O2/c1-24-17-7-12-9-21-10-16(14(12)8-15(17)20)22-18(23)6-11-3-2-4-13(19)5-11/h2-5,7-10H,6H2,1H3,(H,22,23). The molecule has 0 aliphatic carbocycles. The number of rotatable bonds is 4. The van der Waals surface area contributed by atoms with Gasteiger partial charge in [-0.25, -0.2) is 4.39 Å². The first kappa shape index (κ1) is 16.2. The fourth-order valence-corrected chi connectivity index (χ4v) is 2.67. The van der Waals surface area contributed by atoms with Crippen molar-refractivity contribution in [2.45, 2.75) is 6.42 Å². The van der Waals surface area contributed by atoms with Crippen molar-refractivity contribution in [3.8, 4) is 5.75 Å². The molecule has 0 unspecified atom stereocenters. The minimum absolute atomic E-state index is 0.131. The predicted molar refractivity (Wildman–Crippen MR) is 92.0 cm³/mol. The summed E-state index contributed by atoms with van der Waals surface area (Å²) < 4.78 is 18.9. The quantitative estimate of drug-likeness (QED) is 0.771. The van der Waals surface area contributed by atoms with Crippen LogP contribution in [0.4, 0.5) is 10.1 Å². The Bertz CT molecular complexity index is 915. The number of amides is 1. The van der Waals surface area contributed by atoms with Crippen LogP contribution < -0.4 is 10.1 Å². The van der Waals surface area contributed by atoms with E-state index in [-0.39, 0.29) is 18.1 Å². The number of halogens is 2. The van der Waals surface area contributed by atoms with Crippen molar-refractivity contribution in [1.82, 2.24) is 4.98 Å². The van der Waals surface area contributed by atoms with E-state index in [1.54, 1.807) is 30.5 Å². The van der Waals surface area contributed by atoms with Gasteiger partial charge in [0.15, 0.2) is 11.6 Å². The molecule has 1 heterocycles. The normalized spacial score (nSPS) is 10.6. The second kappa shape index (κ2) is 6.84. The van der Waals surface area contributed by atoms with E-state index in [4.69, 9.17) is 16.3 Å². The van der Waals surface area contributed by atoms with E-state index < -0.39 is 5.82 Å². The molecule has 6 heteroatoms. The van der Waals surface area contributed by atoms with Gasteiger partial charge in [-0.2, -0.15) is 0 Å². The molecule has 0 fully saturated rings. The summed E-state index contributed by atoms with van der Waals surface area (Å²) in [5.74, 6) is -0.601. The molecular formula is C18H14ClFN2O2. The first-order valence-corrected chi connectivity index (χ1v) is 7.60. The molecule has 0 saturated heterocycles. The van der Waals surface area contributed by atoms with Gasteiger partial charge in [0.2, 0.25) is 5.91 Å². The molecule has 1 amide bonds. The molecule has 0 radical (unpaired) electrons. The molecule has 2 aromatic carbocycles. The van der Waals surface area contributed by atoms with Crippen LogP contribution in [-0.4, -0.2) is 18.0 Å². The topological polar surface area (TPSA) is 51.2 Å². The Labute approximate surface area is 143 Å². The van der Waals surface area contributed by atoms with Crippen molar-refractivity contribution >= 4 is 34.0 Å². The van der Waals surface area contributed by atoms with E-state index in [0.29, 0.717) is 21.5 Å². The number of anilines is 1. The molecule has 3 rings (SSSR count). The van der Waals surface area contributed by atoms with E-state index in [9.17, 15) is 9.18 Å². The maximum absolute atomic E-state index is 14.0. The van der Waals surface area contributed by atoms with E-state index in [1.807, 2.05) is 6.07 Å². The number of hydrogen-bond acceptors (Lipinski definition) is 3. The number of methoxy groups -OCH3 is 1. The van der Waals surface area contributed by atoms with Gasteiger partial charge in [-0.1, -0.05) is 23.7 Å². The van der Waals surface area contributed by atoms with Crippen LogP contribution in [0.3, 0.4) is 0 Å². The largest absolute Gasteiger partial charge is 0.494 e. The molecular weight excluding hydrogens is 331 g/mol. The fraction of sp³-hybridized carbons (Fsp3) is 0.111. The molecule has 0 atom stereocenters. The number of hydrogen-bond donors (Lipinski definition) is 1. The predicted octanol–water partition coefficient (Wildman–Crippen LogP) is 4.22. The second-order valence-electron chi connectivity index (χ2n) is 5.25. The van der Waals surface area contributed by atoms with Gasteiger partial charge in [0.25, 0.3) is 0 Å². The molecule has 0 aliphatic rings. The van der Waals surface area contributed by atoms with E-state index in [1.165, 1.54) is 19.4 Å². The third kappa shape index (κ3) is 3.46. The molecule has 1 N–H and O–H groups in total. The number of pyridine rings is 1. The molecule has 24 heavy (non-hydrogen) atoms. The average molecular weight is 345 g/mol. The maximum Gasteiger partial charge on any atom is 0.228 e. The van der Waals surface area contributed by atoms with Crippen LogP contribution in [-0.2, 0) is 11.2 Å². The van der Waals surface area contributed by atoms with Crippen molar-refractivity contribution in [2.24, 2.45) is 0 Å². The van der Waals surface area contributed by atoms with Gasteiger partial charge >= 0.3 is 0 Å². The third-order valence-electron chi connectivity index (χ3n) is 3.56. The molecule has 3 aromatic rings. The zero-order valence-corrected chi connectivity index (χ0v) is 13.6. The van der Waals surface area contributed by atoms with E-state index >= 15 is 0 Å². The highest BCUT2D eigenvalue weighted by atomic mass is 35.5. The van der Waals surface area contributed by atoms with Crippen LogP contribution in [0.2, 0.25) is 5.02 Å². The summed E-state index contributed by atoms with van der Waals surface area (Å²) >= 11 is 5.92. The zero-order valence-electron chi connectivity index (χ0n) is 12.8. The molecule has 1 aromatic heterocycles. The van der Waals surface area contributed by atoms with Crippen LogP contribution in [0.25, 0.3) is 10.8 Å². The number of nitrogens with one attached hydrogen (secondary N) is 1. The second-order valence-corrected chi connectivity index (χ2v) is 5.69. The Kier molecular flexibility index (Phi) is 4.62. The number of aromatic nitrogens is 1. The van der Waals surface area contributed by atoms with Gasteiger partial charge in [0.05, 0.1) is 25.4 Å². The summed E-state index contributed by atoms with van der Waals surface area (Å²) in [4.78, 5) is 16.3. The lowest BCUT2D eigenvalue weighted by molar-refractivity contribution is -0.115. The number of carbonyl (C=O) groups is 1. The lowest BCUT2D eigenvalue weighted by Gasteiger charge is -2.10. The maximum atomic E-state index is 14.0. The van der Waals surface area contributed by atoms with Crippen LogP contribution in [0, 0.1) is 5.82 Å². The van der Waals surface area contributed by atoms with Crippen LogP contribution in [0.5, 0.6) is 5.75 Å². The lowest BCUT2D eigenvalue weighted by atomic mass is 10.1. The zero-order chi connectivity index (χ0) is 17.1. The third-order valence-corrected chi connectivity index (χ3v) is 3.79. The van der Waals surface area contributed by atoms with Crippen molar-refractivity contribution in [2.75, 3.05) is 12.4 Å². The smallest absolute Gasteiger partial charge is 0.228 e. The molecule has 0 saturated carbocycles. The summed E-state index contributed by atoms with van der Waals surface area (Å²) in [6, 6.07) is 9.94. The Hall–Kier alpha value is -2.66. The Morgan fingerprint density at radius 3 is 2.88 bits per heavy atom. The Morgan fingerprint density at radius 2 is 2.12 bits per heavy atom. The van der Waals surface area contributed by atoms with Crippen LogP contribution >= 0.6 is 11.6 Å². The lowest BCUT2D eigenvalue weighted by Crippen LogP contribution is -2.14. The number of nitrogens with zero attached hydrogens (tertiary/aromatic N) is 1. The number of carbonyl (C=O) groups excluding carboxylic acids is 1. The van der Waals surface area contributed by atoms with Gasteiger partial charge in [0, 0.05) is 22.0 Å². The highest BCUT2D eigenvalue weighted by Gasteiger charge is 2.11. The minimum atomic E-state index is -0.499. The van der Waals surface area contributed by atoms with Gasteiger partial charge in [0.1, 0.15) is 0 Å². The molecule has 0 bridgehead atoms. The molecule has 4 nitrogen and oxygen atoms in total. The van der Waals surface area contributed by atoms with E-state index in [0.717, 1.165) is 5.56 Å². The summed E-state index contributed by atoms with van der Waals surface area (Å²) in [5.41, 5.74) is 1.24. The monoisotopic (exact) mass is 344 g/mol. The summed E-state index contributed by atoms with van der Waals surface area (Å²) in [5, 5.41) is 4.57. The van der Waals surface area contributed by atoms with Crippen molar-refractivity contribution in [3.05, 3.63) is 65.2 Å². The van der Waals surface area contributed by atoms with Crippen molar-refractivity contribution in [3.63, 3.8) is 0 Å². The number of benzene rings is 2. The average Bonchev–Trinajstić information content (AvgIpc) is 2.55. The van der Waals surface area contributed by atoms with E-state index in [2.05, 4.69) is 10.3 Å². The van der Waals surface area contributed by atoms with Gasteiger partial charge in [-0.3, -0.25) is 9.78 Å². The van der Waals surface area contributed by atoms with Gasteiger partial charge < -0.3 is 10.1 Å². The summed E-state index contributed by atoms with van der Waals surface area (Å²) in [6.07, 6.45) is 3.24. The van der Waals surface area contributed by atoms with Crippen molar-refractivity contribution < 1.29 is 13.9 Å². The summed E-state index contributed by atoms with van der Waals surface area (Å²) in [7, 11) is 1.40.